The third-order valence-corrected chi connectivity index (χ3v) is 9.61. The normalized spacial score (nSPS) is 21.1. The van der Waals surface area contributed by atoms with Gasteiger partial charge in [-0.3, -0.25) is 4.79 Å². The largest absolute Gasteiger partial charge is 0.311 e. The Labute approximate surface area is 196 Å². The highest BCUT2D eigenvalue weighted by atomic mass is 35.5. The molecule has 6 nitrogen and oxygen atoms in total. The van der Waals surface area contributed by atoms with Crippen LogP contribution in [0.4, 0.5) is 5.69 Å². The molecule has 1 aliphatic heterocycles. The first-order valence-electron chi connectivity index (χ1n) is 10.5. The number of aryl methyl sites for hydroxylation is 1. The molecule has 2 unspecified atom stereocenters. The molecule has 2 atom stereocenters. The summed E-state index contributed by atoms with van der Waals surface area (Å²) < 4.78 is 29.6. The van der Waals surface area contributed by atoms with Crippen molar-refractivity contribution in [2.75, 3.05) is 25.5 Å². The third kappa shape index (κ3) is 3.84. The number of carbonyl (C=O) groups is 1. The van der Waals surface area contributed by atoms with E-state index in [9.17, 15) is 13.2 Å². The summed E-state index contributed by atoms with van der Waals surface area (Å²) in [5.41, 5.74) is 3.42. The van der Waals surface area contributed by atoms with Gasteiger partial charge in [-0.1, -0.05) is 23.7 Å². The van der Waals surface area contributed by atoms with E-state index in [1.54, 1.807) is 29.2 Å². The van der Waals surface area contributed by atoms with Gasteiger partial charge in [-0.15, -0.1) is 11.3 Å². The van der Waals surface area contributed by atoms with E-state index in [-0.39, 0.29) is 10.1 Å². The topological polar surface area (TPSA) is 69.7 Å². The molecule has 1 aliphatic carbocycles. The zero-order valence-electron chi connectivity index (χ0n) is 17.8. The predicted molar refractivity (Wildman–Crippen MR) is 129 cm³/mol. The fraction of sp³-hybridized carbons (Fsp3) is 0.348. The maximum absolute atomic E-state index is 13.1. The fourth-order valence-electron chi connectivity index (χ4n) is 4.69. The molecule has 2 aromatic carbocycles. The number of benzene rings is 2. The number of hydrogen-bond acceptors (Lipinski definition) is 5. The summed E-state index contributed by atoms with van der Waals surface area (Å²) in [6, 6.07) is 12.7. The van der Waals surface area contributed by atoms with Gasteiger partial charge in [0.1, 0.15) is 10.3 Å². The van der Waals surface area contributed by atoms with E-state index in [0.717, 1.165) is 40.0 Å². The van der Waals surface area contributed by atoms with Crippen LogP contribution in [0.25, 0.3) is 10.1 Å². The molecular formula is C23H24ClN3O3S2. The van der Waals surface area contributed by atoms with E-state index in [2.05, 4.69) is 35.9 Å². The summed E-state index contributed by atoms with van der Waals surface area (Å²) in [4.78, 5) is 17.0. The molecule has 0 radical (unpaired) electrons. The highest BCUT2D eigenvalue weighted by molar-refractivity contribution is 7.91. The van der Waals surface area contributed by atoms with Crippen molar-refractivity contribution in [3.8, 4) is 0 Å². The Morgan fingerprint density at radius 1 is 1.12 bits per heavy atom. The molecule has 0 saturated carbocycles. The van der Waals surface area contributed by atoms with E-state index in [4.69, 9.17) is 11.6 Å². The minimum Gasteiger partial charge on any atom is -0.311 e. The van der Waals surface area contributed by atoms with Crippen molar-refractivity contribution in [2.24, 2.45) is 0 Å². The molecule has 1 amide bonds. The number of fused-ring (bicyclic) bond motifs is 2. The van der Waals surface area contributed by atoms with Crippen LogP contribution in [0.1, 0.15) is 30.0 Å². The van der Waals surface area contributed by atoms with Gasteiger partial charge in [0.05, 0.1) is 0 Å². The van der Waals surface area contributed by atoms with E-state index >= 15 is 0 Å². The smallest absolute Gasteiger partial charge is 0.250 e. The first kappa shape index (κ1) is 21.9. The molecule has 2 heterocycles. The van der Waals surface area contributed by atoms with E-state index < -0.39 is 16.1 Å². The number of amides is 1. The number of nitrogens with zero attached hydrogens (tertiary/aromatic N) is 2. The Kier molecular flexibility index (Phi) is 5.54. The van der Waals surface area contributed by atoms with Crippen LogP contribution in [0.5, 0.6) is 0 Å². The van der Waals surface area contributed by atoms with Crippen LogP contribution in [-0.4, -0.2) is 45.9 Å². The maximum atomic E-state index is 13.1. The Bertz CT molecular complexity index is 1320. The standard InChI is InChI=1S/C23H24ClN3O3S2/c1-26(2)20-8-4-14-11-17(6-7-18(14)20)27-10-9-19(23(27)28)25-32(29,30)22-12-15-3-5-16(24)13-21(15)31-22/h3,5-7,11-13,19-20,25H,4,8-10H2,1-2H3. The van der Waals surface area contributed by atoms with Crippen molar-refractivity contribution in [3.05, 3.63) is 58.6 Å². The lowest BCUT2D eigenvalue weighted by Gasteiger charge is -2.22. The summed E-state index contributed by atoms with van der Waals surface area (Å²) in [7, 11) is 0.355. The maximum Gasteiger partial charge on any atom is 0.250 e. The summed E-state index contributed by atoms with van der Waals surface area (Å²) in [6.45, 7) is 0.490. The van der Waals surface area contributed by atoms with Gasteiger partial charge in [-0.05, 0) is 80.2 Å². The third-order valence-electron chi connectivity index (χ3n) is 6.33. The molecular weight excluding hydrogens is 466 g/mol. The van der Waals surface area contributed by atoms with Gasteiger partial charge < -0.3 is 9.80 Å². The molecule has 32 heavy (non-hydrogen) atoms. The number of nitrogens with one attached hydrogen (secondary N) is 1. The first-order valence-corrected chi connectivity index (χ1v) is 13.2. The molecule has 1 saturated heterocycles. The zero-order chi connectivity index (χ0) is 22.6. The van der Waals surface area contributed by atoms with E-state index in [0.29, 0.717) is 24.0 Å². The average molecular weight is 490 g/mol. The van der Waals surface area contributed by atoms with Crippen LogP contribution < -0.4 is 9.62 Å². The number of carbonyl (C=O) groups excluding carboxylic acids is 1. The number of thiophene rings is 1. The second kappa shape index (κ2) is 8.11. The summed E-state index contributed by atoms with van der Waals surface area (Å²) >= 11 is 7.17. The van der Waals surface area contributed by atoms with Crippen LogP contribution in [0.3, 0.4) is 0 Å². The van der Waals surface area contributed by atoms with Crippen LogP contribution in [-0.2, 0) is 21.2 Å². The zero-order valence-corrected chi connectivity index (χ0v) is 20.2. The molecule has 168 valence electrons. The van der Waals surface area contributed by atoms with E-state index in [1.165, 1.54) is 11.1 Å². The van der Waals surface area contributed by atoms with Crippen molar-refractivity contribution in [1.82, 2.24) is 9.62 Å². The van der Waals surface area contributed by atoms with Gasteiger partial charge >= 0.3 is 0 Å². The highest BCUT2D eigenvalue weighted by Gasteiger charge is 2.37. The molecule has 1 aromatic heterocycles. The van der Waals surface area contributed by atoms with Crippen LogP contribution in [0.2, 0.25) is 5.02 Å². The first-order chi connectivity index (χ1) is 15.2. The molecule has 0 spiro atoms. The lowest BCUT2D eigenvalue weighted by Crippen LogP contribution is -2.41. The molecule has 1 fully saturated rings. The molecule has 9 heteroatoms. The second-order valence-electron chi connectivity index (χ2n) is 8.60. The van der Waals surface area contributed by atoms with Crippen LogP contribution >= 0.6 is 22.9 Å². The monoisotopic (exact) mass is 489 g/mol. The SMILES string of the molecule is CN(C)C1CCc2cc(N3CCC(NS(=O)(=O)c4cc5ccc(Cl)cc5s4)C3=O)ccc21. The minimum atomic E-state index is -3.81. The van der Waals surface area contributed by atoms with Gasteiger partial charge in [0.25, 0.3) is 10.0 Å². The van der Waals surface area contributed by atoms with Gasteiger partial charge in [0, 0.05) is 28.0 Å². The quantitative estimate of drug-likeness (QED) is 0.583. The highest BCUT2D eigenvalue weighted by Crippen LogP contribution is 2.37. The summed E-state index contributed by atoms with van der Waals surface area (Å²) in [5, 5.41) is 1.37. The van der Waals surface area contributed by atoms with Crippen LogP contribution in [0, 0.1) is 0 Å². The number of hydrogen-bond donors (Lipinski definition) is 1. The molecule has 0 bridgehead atoms. The summed E-state index contributed by atoms with van der Waals surface area (Å²) in [5.74, 6) is -0.208. The molecule has 5 rings (SSSR count). The van der Waals surface area contributed by atoms with Crippen molar-refractivity contribution >= 4 is 54.6 Å². The minimum absolute atomic E-state index is 0.188. The predicted octanol–water partition coefficient (Wildman–Crippen LogP) is 4.19. The number of sulfonamides is 1. The molecule has 2 aliphatic rings. The average Bonchev–Trinajstić information content (AvgIpc) is 3.44. The Morgan fingerprint density at radius 2 is 1.94 bits per heavy atom. The van der Waals surface area contributed by atoms with Crippen LogP contribution in [0.15, 0.2) is 46.7 Å². The van der Waals surface area contributed by atoms with Crippen molar-refractivity contribution in [2.45, 2.75) is 35.6 Å². The van der Waals surface area contributed by atoms with Gasteiger partial charge in [-0.2, -0.15) is 4.72 Å². The van der Waals surface area contributed by atoms with Gasteiger partial charge in [0.15, 0.2) is 0 Å². The molecule has 1 N–H and O–H groups in total. The Balaban J connectivity index is 1.34. The van der Waals surface area contributed by atoms with Crippen molar-refractivity contribution in [3.63, 3.8) is 0 Å². The van der Waals surface area contributed by atoms with E-state index in [1.807, 2.05) is 6.07 Å². The second-order valence-corrected chi connectivity index (χ2v) is 12.1. The fourth-order valence-corrected chi connectivity index (χ4v) is 7.60. The Hall–Kier alpha value is -1.97. The lowest BCUT2D eigenvalue weighted by atomic mass is 10.1. The lowest BCUT2D eigenvalue weighted by molar-refractivity contribution is -0.118. The van der Waals surface area contributed by atoms with Gasteiger partial charge in [0.2, 0.25) is 5.91 Å². The number of rotatable bonds is 5. The number of anilines is 1. The van der Waals surface area contributed by atoms with Crippen molar-refractivity contribution < 1.29 is 13.2 Å². The van der Waals surface area contributed by atoms with Crippen molar-refractivity contribution in [1.29, 1.82) is 0 Å². The Morgan fingerprint density at radius 3 is 2.72 bits per heavy atom. The number of halogens is 1. The summed E-state index contributed by atoms with van der Waals surface area (Å²) in [6.07, 6.45) is 2.49. The van der Waals surface area contributed by atoms with Gasteiger partial charge in [-0.25, -0.2) is 8.42 Å². The molecule has 3 aromatic rings.